The van der Waals surface area contributed by atoms with E-state index in [4.69, 9.17) is 0 Å². The molecule has 0 radical (unpaired) electrons. The summed E-state index contributed by atoms with van der Waals surface area (Å²) < 4.78 is 0. The highest BCUT2D eigenvalue weighted by atomic mass is 32.2. The summed E-state index contributed by atoms with van der Waals surface area (Å²) in [6, 6.07) is 8.79. The first-order valence-electron chi connectivity index (χ1n) is 6.34. The molecule has 1 N–H and O–H groups in total. The van der Waals surface area contributed by atoms with Crippen molar-refractivity contribution < 1.29 is 0 Å². The predicted octanol–water partition coefficient (Wildman–Crippen LogP) is 2.74. The fraction of sp³-hybridized carbons (Fsp3) is 0.571. The Bertz CT molecular complexity index is 329. The first kappa shape index (κ1) is 12.8. The summed E-state index contributed by atoms with van der Waals surface area (Å²) in [5.41, 5.74) is 2.64. The molecule has 0 aliphatic carbocycles. The maximum atomic E-state index is 3.56. The maximum Gasteiger partial charge on any atom is 0.0361 e. The molecule has 0 aromatic heterocycles. The van der Waals surface area contributed by atoms with Gasteiger partial charge in [0.05, 0.1) is 0 Å². The van der Waals surface area contributed by atoms with Gasteiger partial charge in [-0.25, -0.2) is 0 Å². The van der Waals surface area contributed by atoms with E-state index in [0.29, 0.717) is 0 Å². The van der Waals surface area contributed by atoms with Crippen molar-refractivity contribution in [3.8, 4) is 0 Å². The van der Waals surface area contributed by atoms with Gasteiger partial charge in [0.2, 0.25) is 0 Å². The number of nitrogens with zero attached hydrogens (tertiary/aromatic N) is 1. The van der Waals surface area contributed by atoms with Gasteiger partial charge in [-0.3, -0.25) is 0 Å². The lowest BCUT2D eigenvalue weighted by molar-refractivity contribution is 0.646. The van der Waals surface area contributed by atoms with E-state index in [1.165, 1.54) is 29.8 Å². The third-order valence-corrected chi connectivity index (χ3v) is 4.58. The largest absolute Gasteiger partial charge is 0.378 e. The molecular weight excluding hydrogens is 228 g/mol. The van der Waals surface area contributed by atoms with Crippen LogP contribution in [0.15, 0.2) is 24.3 Å². The second kappa shape index (κ2) is 6.31. The molecule has 0 saturated carbocycles. The van der Waals surface area contributed by atoms with Crippen LogP contribution in [0.2, 0.25) is 0 Å². The van der Waals surface area contributed by atoms with Crippen molar-refractivity contribution in [1.29, 1.82) is 0 Å². The quantitative estimate of drug-likeness (QED) is 0.865. The molecule has 2 rings (SSSR count). The second-order valence-electron chi connectivity index (χ2n) is 4.83. The highest BCUT2D eigenvalue weighted by Crippen LogP contribution is 2.25. The normalized spacial score (nSPS) is 19.5. The highest BCUT2D eigenvalue weighted by molar-refractivity contribution is 8.00. The number of thioether (sulfide) groups is 1. The van der Waals surface area contributed by atoms with Gasteiger partial charge < -0.3 is 10.2 Å². The lowest BCUT2D eigenvalue weighted by atomic mass is 10.2. The third-order valence-electron chi connectivity index (χ3n) is 3.18. The van der Waals surface area contributed by atoms with Crippen molar-refractivity contribution in [2.75, 3.05) is 31.3 Å². The van der Waals surface area contributed by atoms with E-state index in [1.54, 1.807) is 0 Å². The van der Waals surface area contributed by atoms with Gasteiger partial charge in [-0.1, -0.05) is 12.1 Å². The van der Waals surface area contributed by atoms with Gasteiger partial charge >= 0.3 is 0 Å². The summed E-state index contributed by atoms with van der Waals surface area (Å²) in [5.74, 6) is 1.35. The van der Waals surface area contributed by atoms with Crippen LogP contribution in [0.1, 0.15) is 18.4 Å². The van der Waals surface area contributed by atoms with E-state index in [1.807, 2.05) is 0 Å². The van der Waals surface area contributed by atoms with Crippen LogP contribution in [0.25, 0.3) is 0 Å². The molecule has 3 heteroatoms. The van der Waals surface area contributed by atoms with Crippen LogP contribution in [0.5, 0.6) is 0 Å². The minimum absolute atomic E-state index is 0.844. The second-order valence-corrected chi connectivity index (χ2v) is 6.24. The molecule has 1 aromatic carbocycles. The summed E-state index contributed by atoms with van der Waals surface area (Å²) in [6.07, 6.45) is 2.78. The fourth-order valence-corrected chi connectivity index (χ4v) is 3.33. The fourth-order valence-electron chi connectivity index (χ4n) is 2.09. The lowest BCUT2D eigenvalue weighted by Crippen LogP contribution is -2.22. The molecular formula is C14H22N2S. The maximum absolute atomic E-state index is 3.56. The van der Waals surface area contributed by atoms with Gasteiger partial charge in [0.15, 0.2) is 0 Å². The van der Waals surface area contributed by atoms with Gasteiger partial charge in [-0.15, -0.1) is 0 Å². The van der Waals surface area contributed by atoms with Crippen molar-refractivity contribution in [3.63, 3.8) is 0 Å². The average Bonchev–Trinajstić information content (AvgIpc) is 2.83. The SMILES string of the molecule is CN(C)c1ccc(CNCC2CCCS2)cc1. The Morgan fingerprint density at radius 2 is 2.06 bits per heavy atom. The molecule has 0 amide bonds. The molecule has 0 bridgehead atoms. The van der Waals surface area contributed by atoms with Gasteiger partial charge in [0.25, 0.3) is 0 Å². The molecule has 1 aliphatic heterocycles. The summed E-state index contributed by atoms with van der Waals surface area (Å²) >= 11 is 2.11. The molecule has 0 spiro atoms. The molecule has 1 unspecified atom stereocenters. The standard InChI is InChI=1S/C14H22N2S/c1-16(2)13-7-5-12(6-8-13)10-15-11-14-4-3-9-17-14/h5-8,14-15H,3-4,9-11H2,1-2H3. The Balaban J connectivity index is 1.74. The van der Waals surface area contributed by atoms with Crippen LogP contribution in [-0.2, 0) is 6.54 Å². The van der Waals surface area contributed by atoms with Crippen molar-refractivity contribution in [2.45, 2.75) is 24.6 Å². The zero-order valence-electron chi connectivity index (χ0n) is 10.8. The van der Waals surface area contributed by atoms with Crippen molar-refractivity contribution in [1.82, 2.24) is 5.32 Å². The van der Waals surface area contributed by atoms with Crippen LogP contribution in [0.4, 0.5) is 5.69 Å². The summed E-state index contributed by atoms with van der Waals surface area (Å²) in [4.78, 5) is 2.13. The van der Waals surface area contributed by atoms with Gasteiger partial charge in [0, 0.05) is 38.1 Å². The minimum Gasteiger partial charge on any atom is -0.378 e. The zero-order valence-corrected chi connectivity index (χ0v) is 11.6. The Morgan fingerprint density at radius 3 is 2.65 bits per heavy atom. The van der Waals surface area contributed by atoms with Crippen molar-refractivity contribution in [3.05, 3.63) is 29.8 Å². The summed E-state index contributed by atoms with van der Waals surface area (Å²) in [5, 5.41) is 4.40. The van der Waals surface area contributed by atoms with E-state index < -0.39 is 0 Å². The third kappa shape index (κ3) is 3.93. The van der Waals surface area contributed by atoms with Crippen LogP contribution < -0.4 is 10.2 Å². The van der Waals surface area contributed by atoms with E-state index in [9.17, 15) is 0 Å². The molecule has 1 heterocycles. The first-order chi connectivity index (χ1) is 8.25. The predicted molar refractivity (Wildman–Crippen MR) is 78.0 cm³/mol. The van der Waals surface area contributed by atoms with Crippen LogP contribution in [0.3, 0.4) is 0 Å². The molecule has 1 atom stereocenters. The minimum atomic E-state index is 0.844. The molecule has 1 fully saturated rings. The van der Waals surface area contributed by atoms with Crippen molar-refractivity contribution >= 4 is 17.4 Å². The average molecular weight is 250 g/mol. The number of anilines is 1. The number of benzene rings is 1. The van der Waals surface area contributed by atoms with Crippen LogP contribution in [0, 0.1) is 0 Å². The zero-order chi connectivity index (χ0) is 12.1. The van der Waals surface area contributed by atoms with E-state index >= 15 is 0 Å². The summed E-state index contributed by atoms with van der Waals surface area (Å²) in [7, 11) is 4.15. The van der Waals surface area contributed by atoms with Crippen molar-refractivity contribution in [2.24, 2.45) is 0 Å². The number of rotatable bonds is 5. The molecule has 2 nitrogen and oxygen atoms in total. The van der Waals surface area contributed by atoms with E-state index in [-0.39, 0.29) is 0 Å². The Kier molecular flexibility index (Phi) is 4.75. The topological polar surface area (TPSA) is 15.3 Å². The van der Waals surface area contributed by atoms with Gasteiger partial charge in [-0.05, 0) is 36.3 Å². The molecule has 1 aromatic rings. The highest BCUT2D eigenvalue weighted by Gasteiger charge is 2.14. The molecule has 1 saturated heterocycles. The Labute approximate surface area is 109 Å². The van der Waals surface area contributed by atoms with E-state index in [2.05, 4.69) is 60.3 Å². The van der Waals surface area contributed by atoms with Gasteiger partial charge in [-0.2, -0.15) is 11.8 Å². The monoisotopic (exact) mass is 250 g/mol. The Morgan fingerprint density at radius 1 is 1.29 bits per heavy atom. The first-order valence-corrected chi connectivity index (χ1v) is 7.39. The summed E-state index contributed by atoms with van der Waals surface area (Å²) in [6.45, 7) is 2.14. The lowest BCUT2D eigenvalue weighted by Gasteiger charge is -2.13. The van der Waals surface area contributed by atoms with Crippen LogP contribution >= 0.6 is 11.8 Å². The number of nitrogens with one attached hydrogen (secondary N) is 1. The Hall–Kier alpha value is -0.670. The van der Waals surface area contributed by atoms with Gasteiger partial charge in [0.1, 0.15) is 0 Å². The number of hydrogen-bond acceptors (Lipinski definition) is 3. The molecule has 94 valence electrons. The van der Waals surface area contributed by atoms with E-state index in [0.717, 1.165) is 18.3 Å². The van der Waals surface area contributed by atoms with Crippen LogP contribution in [-0.4, -0.2) is 31.6 Å². The molecule has 1 aliphatic rings. The molecule has 17 heavy (non-hydrogen) atoms. The number of hydrogen-bond donors (Lipinski definition) is 1. The smallest absolute Gasteiger partial charge is 0.0361 e.